The summed E-state index contributed by atoms with van der Waals surface area (Å²) in [7, 11) is 0. The molecule has 96 valence electrons. The monoisotopic (exact) mass is 285 g/mol. The Balaban J connectivity index is 0.00000144. The summed E-state index contributed by atoms with van der Waals surface area (Å²) in [6.07, 6.45) is -2.13. The first-order chi connectivity index (χ1) is 7.39. The fraction of sp³-hybridized carbons (Fsp3) is 0.455. The molecule has 1 aliphatic rings. The second kappa shape index (κ2) is 5.04. The zero-order valence-electron chi connectivity index (χ0n) is 8.85. The van der Waals surface area contributed by atoms with Gasteiger partial charge >= 0.3 is 6.18 Å². The number of hydrogen-bond acceptors (Lipinski definition) is 1. The highest BCUT2D eigenvalue weighted by molar-refractivity contribution is 6.31. The van der Waals surface area contributed by atoms with Crippen molar-refractivity contribution >= 4 is 24.0 Å². The number of hydrogen-bond donors (Lipinski definition) is 1. The third kappa shape index (κ3) is 2.87. The molecule has 6 heteroatoms. The van der Waals surface area contributed by atoms with Gasteiger partial charge in [0.25, 0.3) is 0 Å². The summed E-state index contributed by atoms with van der Waals surface area (Å²) in [6, 6.07) is 2.31. The van der Waals surface area contributed by atoms with Crippen molar-refractivity contribution in [2.45, 2.75) is 31.5 Å². The summed E-state index contributed by atoms with van der Waals surface area (Å²) in [4.78, 5) is 0. The van der Waals surface area contributed by atoms with Crippen LogP contribution in [0.3, 0.4) is 0 Å². The highest BCUT2D eigenvalue weighted by Crippen LogP contribution is 2.39. The molecule has 0 bridgehead atoms. The molecule has 2 N–H and O–H groups in total. The fourth-order valence-electron chi connectivity index (χ4n) is 2.08. The third-order valence-electron chi connectivity index (χ3n) is 2.90. The highest BCUT2D eigenvalue weighted by atomic mass is 35.5. The van der Waals surface area contributed by atoms with Crippen molar-refractivity contribution in [1.29, 1.82) is 0 Å². The van der Waals surface area contributed by atoms with Gasteiger partial charge in [-0.1, -0.05) is 11.6 Å². The molecule has 0 spiro atoms. The normalized spacial score (nSPS) is 19.5. The molecule has 0 saturated carbocycles. The Kier molecular flexibility index (Phi) is 4.33. The summed E-state index contributed by atoms with van der Waals surface area (Å²) in [5.74, 6) is 0. The first kappa shape index (κ1) is 14.6. The van der Waals surface area contributed by atoms with Gasteiger partial charge in [0, 0.05) is 6.04 Å². The molecule has 0 amide bonds. The molecule has 17 heavy (non-hydrogen) atoms. The van der Waals surface area contributed by atoms with Gasteiger partial charge in [-0.15, -0.1) is 12.4 Å². The molecule has 1 aromatic carbocycles. The van der Waals surface area contributed by atoms with Gasteiger partial charge in [0.2, 0.25) is 0 Å². The Morgan fingerprint density at radius 3 is 2.53 bits per heavy atom. The van der Waals surface area contributed by atoms with Gasteiger partial charge < -0.3 is 5.73 Å². The SMILES string of the molecule is Cl.N[C@@H]1CCCc2cc(C(F)(F)F)c(Cl)cc21. The van der Waals surface area contributed by atoms with Crippen LogP contribution in [0, 0.1) is 0 Å². The van der Waals surface area contributed by atoms with Gasteiger partial charge in [-0.25, -0.2) is 0 Å². The largest absolute Gasteiger partial charge is 0.417 e. The number of aryl methyl sites for hydroxylation is 1. The predicted molar refractivity (Wildman–Crippen MR) is 63.6 cm³/mol. The van der Waals surface area contributed by atoms with Crippen LogP contribution in [0.25, 0.3) is 0 Å². The maximum atomic E-state index is 12.6. The number of rotatable bonds is 0. The second-order valence-electron chi connectivity index (χ2n) is 4.03. The zero-order valence-corrected chi connectivity index (χ0v) is 10.4. The van der Waals surface area contributed by atoms with Crippen LogP contribution in [-0.4, -0.2) is 0 Å². The standard InChI is InChI=1S/C11H11ClF3N.ClH/c12-9-5-7-6(2-1-3-10(7)16)4-8(9)11(13,14)15;/h4-5,10H,1-3,16H2;1H/t10-;/m1./s1. The van der Waals surface area contributed by atoms with Crippen molar-refractivity contribution in [2.75, 3.05) is 0 Å². The van der Waals surface area contributed by atoms with E-state index in [-0.39, 0.29) is 23.5 Å². The smallest absolute Gasteiger partial charge is 0.324 e. The molecule has 0 fully saturated rings. The quantitative estimate of drug-likeness (QED) is 0.763. The van der Waals surface area contributed by atoms with E-state index in [1.54, 1.807) is 0 Å². The number of benzene rings is 1. The van der Waals surface area contributed by atoms with Crippen LogP contribution in [0.2, 0.25) is 5.02 Å². The molecule has 1 aromatic rings. The van der Waals surface area contributed by atoms with E-state index in [0.717, 1.165) is 24.5 Å². The molecule has 0 radical (unpaired) electrons. The van der Waals surface area contributed by atoms with E-state index in [9.17, 15) is 13.2 Å². The topological polar surface area (TPSA) is 26.0 Å². The first-order valence-electron chi connectivity index (χ1n) is 5.04. The summed E-state index contributed by atoms with van der Waals surface area (Å²) in [6.45, 7) is 0. The first-order valence-corrected chi connectivity index (χ1v) is 5.42. The van der Waals surface area contributed by atoms with Gasteiger partial charge in [-0.05, 0) is 42.5 Å². The maximum absolute atomic E-state index is 12.6. The molecule has 2 rings (SSSR count). The summed E-state index contributed by atoms with van der Waals surface area (Å²) in [5, 5.41) is -0.261. The number of alkyl halides is 3. The third-order valence-corrected chi connectivity index (χ3v) is 3.21. The van der Waals surface area contributed by atoms with E-state index >= 15 is 0 Å². The Labute approximate surface area is 109 Å². The fourth-order valence-corrected chi connectivity index (χ4v) is 2.36. The van der Waals surface area contributed by atoms with E-state index in [0.29, 0.717) is 12.0 Å². The van der Waals surface area contributed by atoms with E-state index < -0.39 is 11.7 Å². The average molecular weight is 286 g/mol. The lowest BCUT2D eigenvalue weighted by atomic mass is 9.87. The van der Waals surface area contributed by atoms with Crippen LogP contribution >= 0.6 is 24.0 Å². The molecule has 0 unspecified atom stereocenters. The molecule has 0 heterocycles. The van der Waals surface area contributed by atoms with Crippen molar-refractivity contribution in [3.05, 3.63) is 33.8 Å². The molecule has 1 nitrogen and oxygen atoms in total. The van der Waals surface area contributed by atoms with E-state index in [1.165, 1.54) is 6.07 Å². The molecule has 0 aliphatic heterocycles. The minimum Gasteiger partial charge on any atom is -0.324 e. The van der Waals surface area contributed by atoms with Crippen LogP contribution in [0.15, 0.2) is 12.1 Å². The Morgan fingerprint density at radius 2 is 1.94 bits per heavy atom. The Bertz CT molecular complexity index is 418. The van der Waals surface area contributed by atoms with Gasteiger partial charge in [0.15, 0.2) is 0 Å². The molecule has 1 aliphatic carbocycles. The van der Waals surface area contributed by atoms with Gasteiger partial charge in [0.05, 0.1) is 10.6 Å². The van der Waals surface area contributed by atoms with Crippen molar-refractivity contribution in [3.63, 3.8) is 0 Å². The predicted octanol–water partition coefficient (Wildman–Crippen LogP) is 4.12. The number of fused-ring (bicyclic) bond motifs is 1. The lowest BCUT2D eigenvalue weighted by Crippen LogP contribution is -2.19. The van der Waals surface area contributed by atoms with Gasteiger partial charge in [0.1, 0.15) is 0 Å². The number of halogens is 5. The lowest BCUT2D eigenvalue weighted by Gasteiger charge is -2.24. The lowest BCUT2D eigenvalue weighted by molar-refractivity contribution is -0.137. The van der Waals surface area contributed by atoms with E-state index in [2.05, 4.69) is 0 Å². The average Bonchev–Trinajstić information content (AvgIpc) is 2.17. The van der Waals surface area contributed by atoms with E-state index in [1.807, 2.05) is 0 Å². The van der Waals surface area contributed by atoms with Crippen LogP contribution in [0.1, 0.15) is 35.6 Å². The van der Waals surface area contributed by atoms with Crippen molar-refractivity contribution in [3.8, 4) is 0 Å². The Hall–Kier alpha value is -0.450. The van der Waals surface area contributed by atoms with Crippen LogP contribution < -0.4 is 5.73 Å². The zero-order chi connectivity index (χ0) is 11.9. The summed E-state index contributed by atoms with van der Waals surface area (Å²) < 4.78 is 37.8. The maximum Gasteiger partial charge on any atom is 0.417 e. The Morgan fingerprint density at radius 1 is 1.29 bits per heavy atom. The molecule has 1 atom stereocenters. The van der Waals surface area contributed by atoms with Crippen molar-refractivity contribution in [1.82, 2.24) is 0 Å². The minimum absolute atomic E-state index is 0. The van der Waals surface area contributed by atoms with Crippen molar-refractivity contribution in [2.24, 2.45) is 5.73 Å². The minimum atomic E-state index is -4.40. The number of nitrogens with two attached hydrogens (primary N) is 1. The second-order valence-corrected chi connectivity index (χ2v) is 4.43. The van der Waals surface area contributed by atoms with Crippen LogP contribution in [0.4, 0.5) is 13.2 Å². The van der Waals surface area contributed by atoms with Crippen LogP contribution in [-0.2, 0) is 12.6 Å². The molecule has 0 aromatic heterocycles. The van der Waals surface area contributed by atoms with Crippen LogP contribution in [0.5, 0.6) is 0 Å². The highest BCUT2D eigenvalue weighted by Gasteiger charge is 2.34. The molecular formula is C11H12Cl2F3N. The molecular weight excluding hydrogens is 274 g/mol. The van der Waals surface area contributed by atoms with Gasteiger partial charge in [-0.2, -0.15) is 13.2 Å². The van der Waals surface area contributed by atoms with Gasteiger partial charge in [-0.3, -0.25) is 0 Å². The summed E-state index contributed by atoms with van der Waals surface area (Å²) in [5.41, 5.74) is 6.50. The summed E-state index contributed by atoms with van der Waals surface area (Å²) >= 11 is 5.64. The van der Waals surface area contributed by atoms with Crippen molar-refractivity contribution < 1.29 is 13.2 Å². The van der Waals surface area contributed by atoms with E-state index in [4.69, 9.17) is 17.3 Å². The molecule has 0 saturated heterocycles.